The number of nitrogens with one attached hydrogen (secondary N) is 1. The zero-order chi connectivity index (χ0) is 13.3. The van der Waals surface area contributed by atoms with Crippen LogP contribution in [0.5, 0.6) is 0 Å². The lowest BCUT2D eigenvalue weighted by molar-refractivity contribution is -0.141. The molecule has 0 spiro atoms. The highest BCUT2D eigenvalue weighted by Crippen LogP contribution is 2.31. The average molecular weight is 254 g/mol. The van der Waals surface area contributed by atoms with E-state index >= 15 is 0 Å². The maximum Gasteiger partial charge on any atom is 0.326 e. The van der Waals surface area contributed by atoms with E-state index in [1.807, 2.05) is 0 Å². The van der Waals surface area contributed by atoms with Crippen molar-refractivity contribution in [2.45, 2.75) is 51.6 Å². The van der Waals surface area contributed by atoms with Gasteiger partial charge in [-0.05, 0) is 37.5 Å². The van der Waals surface area contributed by atoms with Crippen LogP contribution in [0.3, 0.4) is 0 Å². The number of aliphatic carboxylic acids is 1. The number of amides is 2. The topological polar surface area (TPSA) is 69.6 Å². The fourth-order valence-electron chi connectivity index (χ4n) is 3.08. The fraction of sp³-hybridized carbons (Fsp3) is 0.846. The summed E-state index contributed by atoms with van der Waals surface area (Å²) in [5.41, 5.74) is 0. The van der Waals surface area contributed by atoms with Crippen LogP contribution in [0.25, 0.3) is 0 Å². The van der Waals surface area contributed by atoms with Crippen molar-refractivity contribution in [1.29, 1.82) is 0 Å². The van der Waals surface area contributed by atoms with Gasteiger partial charge in [0, 0.05) is 12.6 Å². The summed E-state index contributed by atoms with van der Waals surface area (Å²) in [7, 11) is 0. The molecule has 5 nitrogen and oxygen atoms in total. The maximum atomic E-state index is 12.1. The number of carboxylic acid groups (broad SMARTS) is 1. The van der Waals surface area contributed by atoms with Crippen LogP contribution in [0, 0.1) is 11.8 Å². The molecule has 5 heteroatoms. The van der Waals surface area contributed by atoms with Crippen LogP contribution < -0.4 is 5.32 Å². The number of carbonyl (C=O) groups is 2. The first-order valence-corrected chi connectivity index (χ1v) is 6.80. The molecule has 2 fully saturated rings. The largest absolute Gasteiger partial charge is 0.480 e. The lowest BCUT2D eigenvalue weighted by Crippen LogP contribution is -2.49. The number of hydrogen-bond donors (Lipinski definition) is 2. The zero-order valence-electron chi connectivity index (χ0n) is 11.1. The van der Waals surface area contributed by atoms with Crippen molar-refractivity contribution in [3.05, 3.63) is 0 Å². The summed E-state index contributed by atoms with van der Waals surface area (Å²) in [5.74, 6) is 0.208. The lowest BCUT2D eigenvalue weighted by Gasteiger charge is -2.26. The number of carbonyl (C=O) groups excluding carboxylic acids is 1. The summed E-state index contributed by atoms with van der Waals surface area (Å²) < 4.78 is 0. The predicted octanol–water partition coefficient (Wildman–Crippen LogP) is 1.68. The molecule has 102 valence electrons. The molecule has 0 bridgehead atoms. The molecule has 0 radical (unpaired) electrons. The van der Waals surface area contributed by atoms with Gasteiger partial charge >= 0.3 is 12.0 Å². The molecule has 4 unspecified atom stereocenters. The van der Waals surface area contributed by atoms with Gasteiger partial charge in [0.15, 0.2) is 0 Å². The first-order valence-electron chi connectivity index (χ1n) is 6.80. The smallest absolute Gasteiger partial charge is 0.326 e. The Labute approximate surface area is 108 Å². The van der Waals surface area contributed by atoms with E-state index in [9.17, 15) is 9.59 Å². The lowest BCUT2D eigenvalue weighted by atomic mass is 9.98. The van der Waals surface area contributed by atoms with E-state index in [1.54, 1.807) is 0 Å². The van der Waals surface area contributed by atoms with Gasteiger partial charge in [-0.1, -0.05) is 13.8 Å². The molecule has 18 heavy (non-hydrogen) atoms. The quantitative estimate of drug-likeness (QED) is 0.787. The first-order chi connectivity index (χ1) is 8.50. The predicted molar refractivity (Wildman–Crippen MR) is 67.2 cm³/mol. The number of urea groups is 1. The monoisotopic (exact) mass is 254 g/mol. The Balaban J connectivity index is 1.94. The normalized spacial score (nSPS) is 35.8. The highest BCUT2D eigenvalue weighted by Gasteiger charge is 2.37. The summed E-state index contributed by atoms with van der Waals surface area (Å²) in [6, 6.07) is -0.646. The van der Waals surface area contributed by atoms with Crippen molar-refractivity contribution >= 4 is 12.0 Å². The Hall–Kier alpha value is -1.26. The van der Waals surface area contributed by atoms with Gasteiger partial charge < -0.3 is 15.3 Å². The van der Waals surface area contributed by atoms with Gasteiger partial charge in [-0.3, -0.25) is 0 Å². The highest BCUT2D eigenvalue weighted by molar-refractivity contribution is 5.83. The summed E-state index contributed by atoms with van der Waals surface area (Å²) in [6.07, 6.45) is 3.48. The van der Waals surface area contributed by atoms with E-state index in [4.69, 9.17) is 5.11 Å². The molecule has 2 rings (SSSR count). The molecule has 2 amide bonds. The van der Waals surface area contributed by atoms with Crippen molar-refractivity contribution in [2.75, 3.05) is 6.54 Å². The van der Waals surface area contributed by atoms with Crippen LogP contribution in [-0.4, -0.2) is 40.6 Å². The Morgan fingerprint density at radius 2 is 1.94 bits per heavy atom. The Morgan fingerprint density at radius 3 is 2.50 bits per heavy atom. The Morgan fingerprint density at radius 1 is 1.22 bits per heavy atom. The molecular formula is C13H22N2O3. The van der Waals surface area contributed by atoms with Crippen molar-refractivity contribution in [2.24, 2.45) is 11.8 Å². The summed E-state index contributed by atoms with van der Waals surface area (Å²) >= 11 is 0. The molecule has 1 aliphatic carbocycles. The molecule has 1 heterocycles. The van der Waals surface area contributed by atoms with Gasteiger partial charge in [-0.15, -0.1) is 0 Å². The number of rotatable bonds is 2. The average Bonchev–Trinajstić information content (AvgIpc) is 2.91. The molecule has 1 saturated carbocycles. The molecular weight excluding hydrogens is 232 g/mol. The second-order valence-corrected chi connectivity index (χ2v) is 5.66. The molecule has 1 aliphatic heterocycles. The third-order valence-electron chi connectivity index (χ3n) is 4.57. The maximum absolute atomic E-state index is 12.1. The minimum absolute atomic E-state index is 0.197. The highest BCUT2D eigenvalue weighted by atomic mass is 16.4. The Bertz CT molecular complexity index is 345. The molecule has 0 aromatic heterocycles. The minimum Gasteiger partial charge on any atom is -0.480 e. The number of nitrogens with zero attached hydrogens (tertiary/aromatic N) is 1. The standard InChI is InChI=1S/C13H22N2O3/c1-8-5-6-10(9(8)2)14-13(18)15-7-3-4-11(15)12(16)17/h8-11H,3-7H2,1-2H3,(H,14,18)(H,16,17). The van der Waals surface area contributed by atoms with E-state index in [-0.39, 0.29) is 12.1 Å². The van der Waals surface area contributed by atoms with E-state index in [1.165, 1.54) is 4.90 Å². The molecule has 0 aromatic rings. The summed E-state index contributed by atoms with van der Waals surface area (Å²) in [5, 5.41) is 12.1. The molecule has 1 saturated heterocycles. The summed E-state index contributed by atoms with van der Waals surface area (Å²) in [6.45, 7) is 4.91. The summed E-state index contributed by atoms with van der Waals surface area (Å²) in [4.78, 5) is 24.6. The molecule has 2 N–H and O–H groups in total. The zero-order valence-corrected chi connectivity index (χ0v) is 11.1. The van der Waals surface area contributed by atoms with Crippen LogP contribution in [0.15, 0.2) is 0 Å². The van der Waals surface area contributed by atoms with Crippen LogP contribution in [0.2, 0.25) is 0 Å². The van der Waals surface area contributed by atoms with Crippen molar-refractivity contribution in [3.8, 4) is 0 Å². The second-order valence-electron chi connectivity index (χ2n) is 5.66. The van der Waals surface area contributed by atoms with E-state index in [0.717, 1.165) is 19.3 Å². The molecule has 4 atom stereocenters. The third-order valence-corrected chi connectivity index (χ3v) is 4.57. The van der Waals surface area contributed by atoms with E-state index in [0.29, 0.717) is 24.8 Å². The third kappa shape index (κ3) is 2.44. The first kappa shape index (κ1) is 13.2. The van der Waals surface area contributed by atoms with Crippen LogP contribution in [-0.2, 0) is 4.79 Å². The van der Waals surface area contributed by atoms with Gasteiger partial charge in [0.25, 0.3) is 0 Å². The van der Waals surface area contributed by atoms with E-state index < -0.39 is 12.0 Å². The van der Waals surface area contributed by atoms with Crippen LogP contribution in [0.4, 0.5) is 4.79 Å². The van der Waals surface area contributed by atoms with Gasteiger partial charge in [-0.2, -0.15) is 0 Å². The SMILES string of the molecule is CC1CCC(NC(=O)N2CCCC2C(=O)O)C1C. The minimum atomic E-state index is -0.893. The molecule has 2 aliphatic rings. The second kappa shape index (κ2) is 5.16. The van der Waals surface area contributed by atoms with Gasteiger partial charge in [0.1, 0.15) is 6.04 Å². The van der Waals surface area contributed by atoms with Gasteiger partial charge in [-0.25, -0.2) is 9.59 Å². The number of hydrogen-bond acceptors (Lipinski definition) is 2. The van der Waals surface area contributed by atoms with Gasteiger partial charge in [0.2, 0.25) is 0 Å². The van der Waals surface area contributed by atoms with Crippen LogP contribution in [0.1, 0.15) is 39.5 Å². The van der Waals surface area contributed by atoms with E-state index in [2.05, 4.69) is 19.2 Å². The fourth-order valence-corrected chi connectivity index (χ4v) is 3.08. The number of carboxylic acids is 1. The van der Waals surface area contributed by atoms with Crippen LogP contribution >= 0.6 is 0 Å². The van der Waals surface area contributed by atoms with Crippen molar-refractivity contribution in [3.63, 3.8) is 0 Å². The van der Waals surface area contributed by atoms with Crippen molar-refractivity contribution < 1.29 is 14.7 Å². The van der Waals surface area contributed by atoms with Gasteiger partial charge in [0.05, 0.1) is 0 Å². The molecule has 0 aromatic carbocycles. The van der Waals surface area contributed by atoms with Crippen molar-refractivity contribution in [1.82, 2.24) is 10.2 Å². The number of likely N-dealkylation sites (tertiary alicyclic amines) is 1. The Kier molecular flexibility index (Phi) is 3.78.